The quantitative estimate of drug-likeness (QED) is 0.178. The fourth-order valence-corrected chi connectivity index (χ4v) is 9.96. The number of anilines is 3. The van der Waals surface area contributed by atoms with E-state index >= 15 is 0 Å². The Morgan fingerprint density at radius 1 is 0.370 bits per heavy atom. The average molecular weight is 691 g/mol. The maximum absolute atomic E-state index is 2.49. The molecular weight excluding hydrogens is 653 g/mol. The fourth-order valence-electron chi connectivity index (χ4n) is 9.96. The highest BCUT2D eigenvalue weighted by Gasteiger charge is 2.53. The van der Waals surface area contributed by atoms with Gasteiger partial charge in [-0.25, -0.2) is 0 Å². The Balaban J connectivity index is 1.20. The van der Waals surface area contributed by atoms with Gasteiger partial charge in [-0.3, -0.25) is 0 Å². The van der Waals surface area contributed by atoms with Crippen LogP contribution in [-0.2, 0) is 10.8 Å². The third-order valence-corrected chi connectivity index (χ3v) is 12.2. The molecule has 0 bridgehead atoms. The minimum absolute atomic E-state index is 0.142. The molecule has 0 amide bonds. The van der Waals surface area contributed by atoms with Gasteiger partial charge in [-0.05, 0) is 99.1 Å². The van der Waals surface area contributed by atoms with Crippen molar-refractivity contribution in [1.82, 2.24) is 4.57 Å². The molecule has 0 radical (unpaired) electrons. The Kier molecular flexibility index (Phi) is 6.55. The molecule has 0 saturated heterocycles. The van der Waals surface area contributed by atoms with Crippen LogP contribution in [0.2, 0.25) is 0 Å². The van der Waals surface area contributed by atoms with Crippen molar-refractivity contribution in [2.24, 2.45) is 0 Å². The van der Waals surface area contributed by atoms with E-state index in [2.05, 4.69) is 217 Å². The van der Waals surface area contributed by atoms with E-state index in [4.69, 9.17) is 0 Å². The van der Waals surface area contributed by atoms with E-state index in [0.717, 1.165) is 22.7 Å². The van der Waals surface area contributed by atoms with Crippen LogP contribution in [0.3, 0.4) is 0 Å². The number of nitrogens with zero attached hydrogens (tertiary/aromatic N) is 2. The van der Waals surface area contributed by atoms with Crippen molar-refractivity contribution in [3.63, 3.8) is 0 Å². The molecule has 0 saturated carbocycles. The number of fused-ring (bicyclic) bond motifs is 12. The number of benzene rings is 8. The van der Waals surface area contributed by atoms with Crippen molar-refractivity contribution in [3.05, 3.63) is 228 Å². The first-order chi connectivity index (χ1) is 26.6. The average Bonchev–Trinajstić information content (AvgIpc) is 3.71. The maximum atomic E-state index is 2.49. The number of rotatable bonds is 4. The Bertz CT molecular complexity index is 2870. The molecule has 8 aromatic carbocycles. The molecule has 9 aromatic rings. The largest absolute Gasteiger partial charge is 0.310 e. The number of hydrogen-bond acceptors (Lipinski definition) is 1. The molecule has 1 heterocycles. The summed E-state index contributed by atoms with van der Waals surface area (Å²) in [4.78, 5) is 2.44. The summed E-state index contributed by atoms with van der Waals surface area (Å²) >= 11 is 0. The summed E-state index contributed by atoms with van der Waals surface area (Å²) in [5, 5.41) is 2.50. The molecule has 2 nitrogen and oxygen atoms in total. The topological polar surface area (TPSA) is 8.17 Å². The standard InChI is InChI=1S/C52H38N2/c1-51(2)44-24-12-14-26-46(44)52(47-27-15-13-25-45(47)51)43-23-11-9-21-39(43)40-31-29-37(33-48(40)52)53(35-17-5-3-6-18-35)38-30-32-42-41-22-10-16-28-49(41)54(50(42)34-38)36-19-7-4-8-20-36/h3-34H,1-2H3. The summed E-state index contributed by atoms with van der Waals surface area (Å²) in [6.07, 6.45) is 0. The van der Waals surface area contributed by atoms with Gasteiger partial charge in [-0.15, -0.1) is 0 Å². The van der Waals surface area contributed by atoms with Gasteiger partial charge in [0, 0.05) is 38.9 Å². The molecule has 256 valence electrons. The third-order valence-electron chi connectivity index (χ3n) is 12.2. The first-order valence-electron chi connectivity index (χ1n) is 18.9. The second-order valence-electron chi connectivity index (χ2n) is 15.3. The maximum Gasteiger partial charge on any atom is 0.0720 e. The van der Waals surface area contributed by atoms with Crippen molar-refractivity contribution in [3.8, 4) is 16.8 Å². The van der Waals surface area contributed by atoms with Crippen molar-refractivity contribution < 1.29 is 0 Å². The van der Waals surface area contributed by atoms with Crippen LogP contribution in [-0.4, -0.2) is 4.57 Å². The zero-order valence-electron chi connectivity index (χ0n) is 30.4. The van der Waals surface area contributed by atoms with E-state index in [9.17, 15) is 0 Å². The van der Waals surface area contributed by atoms with E-state index in [1.807, 2.05) is 0 Å². The van der Waals surface area contributed by atoms with Gasteiger partial charge in [0.1, 0.15) is 0 Å². The van der Waals surface area contributed by atoms with Gasteiger partial charge in [0.15, 0.2) is 0 Å². The molecule has 0 N–H and O–H groups in total. The van der Waals surface area contributed by atoms with Gasteiger partial charge >= 0.3 is 0 Å². The van der Waals surface area contributed by atoms with Gasteiger partial charge in [-0.1, -0.05) is 153 Å². The van der Waals surface area contributed by atoms with Crippen LogP contribution in [0.15, 0.2) is 194 Å². The molecule has 2 heteroatoms. The summed E-state index contributed by atoms with van der Waals surface area (Å²) in [7, 11) is 0. The highest BCUT2D eigenvalue weighted by Crippen LogP contribution is 2.62. The fraction of sp³-hybridized carbons (Fsp3) is 0.0769. The van der Waals surface area contributed by atoms with E-state index in [1.165, 1.54) is 66.3 Å². The van der Waals surface area contributed by atoms with Gasteiger partial charge in [-0.2, -0.15) is 0 Å². The third kappa shape index (κ3) is 4.11. The Labute approximate surface area is 316 Å². The van der Waals surface area contributed by atoms with Gasteiger partial charge in [0.25, 0.3) is 0 Å². The minimum Gasteiger partial charge on any atom is -0.310 e. The summed E-state index contributed by atoms with van der Waals surface area (Å²) in [5.41, 5.74) is 17.1. The van der Waals surface area contributed by atoms with Crippen molar-refractivity contribution in [1.29, 1.82) is 0 Å². The first-order valence-corrected chi connectivity index (χ1v) is 18.9. The highest BCUT2D eigenvalue weighted by molar-refractivity contribution is 6.10. The van der Waals surface area contributed by atoms with Crippen LogP contribution >= 0.6 is 0 Å². The van der Waals surface area contributed by atoms with Crippen LogP contribution in [0.5, 0.6) is 0 Å². The molecule has 2 aliphatic rings. The van der Waals surface area contributed by atoms with Crippen LogP contribution < -0.4 is 4.90 Å². The van der Waals surface area contributed by atoms with Crippen LogP contribution in [0, 0.1) is 0 Å². The van der Waals surface area contributed by atoms with Crippen LogP contribution in [0.25, 0.3) is 38.6 Å². The lowest BCUT2D eigenvalue weighted by molar-refractivity contribution is 0.563. The van der Waals surface area contributed by atoms with E-state index in [1.54, 1.807) is 0 Å². The van der Waals surface area contributed by atoms with Crippen LogP contribution in [0.1, 0.15) is 47.2 Å². The summed E-state index contributed by atoms with van der Waals surface area (Å²) < 4.78 is 2.41. The first kappa shape index (κ1) is 30.9. The smallest absolute Gasteiger partial charge is 0.0720 e. The van der Waals surface area contributed by atoms with E-state index in [-0.39, 0.29) is 5.41 Å². The molecule has 0 fully saturated rings. The van der Waals surface area contributed by atoms with E-state index in [0.29, 0.717) is 0 Å². The second-order valence-corrected chi connectivity index (χ2v) is 15.3. The lowest BCUT2D eigenvalue weighted by Crippen LogP contribution is -2.40. The highest BCUT2D eigenvalue weighted by atomic mass is 15.1. The molecular formula is C52H38N2. The normalized spacial score (nSPS) is 14.4. The van der Waals surface area contributed by atoms with Crippen molar-refractivity contribution >= 4 is 38.9 Å². The Morgan fingerprint density at radius 2 is 0.889 bits per heavy atom. The molecule has 1 spiro atoms. The zero-order valence-corrected chi connectivity index (χ0v) is 30.4. The summed E-state index contributed by atoms with van der Waals surface area (Å²) in [5.74, 6) is 0. The summed E-state index contributed by atoms with van der Waals surface area (Å²) in [6, 6.07) is 71.9. The molecule has 0 unspecified atom stereocenters. The predicted molar refractivity (Wildman–Crippen MR) is 225 cm³/mol. The lowest BCUT2D eigenvalue weighted by Gasteiger charge is -2.46. The van der Waals surface area contributed by atoms with Crippen molar-refractivity contribution in [2.75, 3.05) is 4.90 Å². The Morgan fingerprint density at radius 3 is 1.61 bits per heavy atom. The lowest BCUT2D eigenvalue weighted by atomic mass is 9.55. The zero-order chi connectivity index (χ0) is 36.0. The molecule has 0 aliphatic heterocycles. The van der Waals surface area contributed by atoms with Gasteiger partial charge in [0.05, 0.1) is 16.4 Å². The molecule has 54 heavy (non-hydrogen) atoms. The number of para-hydroxylation sites is 3. The van der Waals surface area contributed by atoms with Gasteiger partial charge < -0.3 is 9.47 Å². The minimum atomic E-state index is -0.462. The van der Waals surface area contributed by atoms with E-state index < -0.39 is 5.41 Å². The summed E-state index contributed by atoms with van der Waals surface area (Å²) in [6.45, 7) is 4.77. The predicted octanol–water partition coefficient (Wildman–Crippen LogP) is 13.3. The van der Waals surface area contributed by atoms with Gasteiger partial charge in [0.2, 0.25) is 0 Å². The SMILES string of the molecule is CC1(C)c2ccccc2C2(c3ccccc3-c3ccc(N(c4ccccc4)c4ccc5c6ccccc6n(-c6ccccc6)c5c4)cc32)c2ccccc21. The number of aromatic nitrogens is 1. The van der Waals surface area contributed by atoms with Crippen LogP contribution in [0.4, 0.5) is 17.1 Å². The molecule has 1 aromatic heterocycles. The molecule has 2 aliphatic carbocycles. The Hall–Kier alpha value is -6.64. The second kappa shape index (κ2) is 11.4. The number of hydrogen-bond donors (Lipinski definition) is 0. The van der Waals surface area contributed by atoms with Crippen molar-refractivity contribution in [2.45, 2.75) is 24.7 Å². The molecule has 0 atom stereocenters. The molecule has 11 rings (SSSR count). The monoisotopic (exact) mass is 690 g/mol.